The average molecular weight is 317 g/mol. The number of rotatable bonds is 5. The number of benzene rings is 2. The molecule has 3 heteroatoms. The van der Waals surface area contributed by atoms with Crippen LogP contribution in [0.4, 0.5) is 0 Å². The molecule has 24 heavy (non-hydrogen) atoms. The second-order valence-electron chi connectivity index (χ2n) is 6.30. The van der Waals surface area contributed by atoms with Crippen molar-refractivity contribution >= 4 is 11.6 Å². The first-order valence-electron chi connectivity index (χ1n) is 8.30. The zero-order chi connectivity index (χ0) is 16.9. The quantitative estimate of drug-likeness (QED) is 0.773. The van der Waals surface area contributed by atoms with Gasteiger partial charge in [0.05, 0.1) is 11.6 Å². The minimum absolute atomic E-state index is 0.0599. The third-order valence-corrected chi connectivity index (χ3v) is 4.81. The Morgan fingerprint density at radius 2 is 1.83 bits per heavy atom. The fourth-order valence-corrected chi connectivity index (χ4v) is 3.51. The highest BCUT2D eigenvalue weighted by molar-refractivity contribution is 5.97. The van der Waals surface area contributed by atoms with E-state index in [4.69, 9.17) is 5.26 Å². The van der Waals surface area contributed by atoms with Gasteiger partial charge >= 0.3 is 0 Å². The maximum atomic E-state index is 12.7. The number of hydrogen-bond acceptors (Lipinski definition) is 3. The SMILES string of the molecule is N#Cc1ccc([C@H](CC(=O)c2ccccc2)[C@@H]2CCCC2=O)cc1. The first-order chi connectivity index (χ1) is 11.7. The molecule has 0 spiro atoms. The predicted octanol–water partition coefficient (Wildman–Crippen LogP) is 4.28. The van der Waals surface area contributed by atoms with Crippen LogP contribution in [0.25, 0.3) is 0 Å². The van der Waals surface area contributed by atoms with Gasteiger partial charge in [0.15, 0.2) is 5.78 Å². The summed E-state index contributed by atoms with van der Waals surface area (Å²) in [5.74, 6) is 0.112. The Hall–Kier alpha value is -2.73. The molecule has 0 N–H and O–H groups in total. The van der Waals surface area contributed by atoms with Gasteiger partial charge in [0.25, 0.3) is 0 Å². The molecule has 2 atom stereocenters. The first-order valence-corrected chi connectivity index (χ1v) is 8.30. The van der Waals surface area contributed by atoms with Crippen LogP contribution in [0.1, 0.15) is 53.1 Å². The predicted molar refractivity (Wildman–Crippen MR) is 91.6 cm³/mol. The number of carbonyl (C=O) groups is 2. The lowest BCUT2D eigenvalue weighted by molar-refractivity contribution is -0.121. The van der Waals surface area contributed by atoms with Crippen molar-refractivity contribution in [3.05, 3.63) is 71.3 Å². The maximum Gasteiger partial charge on any atom is 0.163 e. The lowest BCUT2D eigenvalue weighted by Crippen LogP contribution is -2.20. The van der Waals surface area contributed by atoms with Gasteiger partial charge < -0.3 is 0 Å². The molecule has 0 aliphatic heterocycles. The number of carbonyl (C=O) groups excluding carboxylic acids is 2. The van der Waals surface area contributed by atoms with Gasteiger partial charge in [-0.2, -0.15) is 5.26 Å². The molecular weight excluding hydrogens is 298 g/mol. The molecule has 3 nitrogen and oxygen atoms in total. The number of Topliss-reactive ketones (excluding diaryl/α,β-unsaturated/α-hetero) is 2. The Morgan fingerprint density at radius 1 is 1.12 bits per heavy atom. The van der Waals surface area contributed by atoms with Crippen LogP contribution in [0.2, 0.25) is 0 Å². The van der Waals surface area contributed by atoms with E-state index in [1.807, 2.05) is 42.5 Å². The van der Waals surface area contributed by atoms with E-state index in [0.717, 1.165) is 18.4 Å². The molecule has 1 aliphatic rings. The van der Waals surface area contributed by atoms with Gasteiger partial charge in [0.1, 0.15) is 5.78 Å². The second-order valence-corrected chi connectivity index (χ2v) is 6.30. The van der Waals surface area contributed by atoms with Crippen molar-refractivity contribution in [1.82, 2.24) is 0 Å². The van der Waals surface area contributed by atoms with E-state index in [0.29, 0.717) is 24.0 Å². The topological polar surface area (TPSA) is 57.9 Å². The van der Waals surface area contributed by atoms with Crippen molar-refractivity contribution in [3.8, 4) is 6.07 Å². The van der Waals surface area contributed by atoms with E-state index in [1.165, 1.54) is 0 Å². The Morgan fingerprint density at radius 3 is 2.42 bits per heavy atom. The number of nitriles is 1. The monoisotopic (exact) mass is 317 g/mol. The summed E-state index contributed by atoms with van der Waals surface area (Å²) in [6.07, 6.45) is 2.67. The summed E-state index contributed by atoms with van der Waals surface area (Å²) in [5.41, 5.74) is 2.24. The molecule has 3 rings (SSSR count). The van der Waals surface area contributed by atoms with E-state index in [-0.39, 0.29) is 23.4 Å². The smallest absolute Gasteiger partial charge is 0.163 e. The van der Waals surface area contributed by atoms with Crippen molar-refractivity contribution in [2.24, 2.45) is 5.92 Å². The molecule has 2 aromatic carbocycles. The van der Waals surface area contributed by atoms with Crippen molar-refractivity contribution in [3.63, 3.8) is 0 Å². The molecule has 1 fully saturated rings. The molecule has 0 saturated heterocycles. The normalized spacial score (nSPS) is 18.1. The van der Waals surface area contributed by atoms with Gasteiger partial charge in [-0.15, -0.1) is 0 Å². The van der Waals surface area contributed by atoms with Crippen LogP contribution in [0, 0.1) is 17.2 Å². The van der Waals surface area contributed by atoms with E-state index in [2.05, 4.69) is 6.07 Å². The van der Waals surface area contributed by atoms with Crippen LogP contribution in [-0.2, 0) is 4.79 Å². The molecule has 0 heterocycles. The summed E-state index contributed by atoms with van der Waals surface area (Å²) >= 11 is 0. The standard InChI is InChI=1S/C21H19NO2/c22-14-15-9-11-16(12-10-15)19(18-7-4-8-20(18)23)13-21(24)17-5-2-1-3-6-17/h1-3,5-6,9-12,18-19H,4,7-8,13H2/t18-,19-/m0/s1. The van der Waals surface area contributed by atoms with Gasteiger partial charge in [-0.3, -0.25) is 9.59 Å². The Labute approximate surface area is 141 Å². The molecule has 0 amide bonds. The fraction of sp³-hybridized carbons (Fsp3) is 0.286. The van der Waals surface area contributed by atoms with Crippen LogP contribution in [-0.4, -0.2) is 11.6 Å². The average Bonchev–Trinajstić information content (AvgIpc) is 3.06. The van der Waals surface area contributed by atoms with Crippen molar-refractivity contribution in [2.75, 3.05) is 0 Å². The lowest BCUT2D eigenvalue weighted by Gasteiger charge is -2.22. The number of ketones is 2. The maximum absolute atomic E-state index is 12.7. The molecular formula is C21H19NO2. The van der Waals surface area contributed by atoms with Crippen LogP contribution < -0.4 is 0 Å². The number of nitrogens with zero attached hydrogens (tertiary/aromatic N) is 1. The molecule has 2 aromatic rings. The summed E-state index contributed by atoms with van der Waals surface area (Å²) in [7, 11) is 0. The molecule has 0 unspecified atom stereocenters. The Bertz CT molecular complexity index is 772. The zero-order valence-corrected chi connectivity index (χ0v) is 13.4. The van der Waals surface area contributed by atoms with Crippen LogP contribution in [0.3, 0.4) is 0 Å². The lowest BCUT2D eigenvalue weighted by atomic mass is 9.80. The van der Waals surface area contributed by atoms with E-state index in [9.17, 15) is 9.59 Å². The minimum atomic E-state index is -0.111. The van der Waals surface area contributed by atoms with Gasteiger partial charge in [0, 0.05) is 30.2 Å². The van der Waals surface area contributed by atoms with Gasteiger partial charge in [-0.05, 0) is 30.5 Å². The van der Waals surface area contributed by atoms with Gasteiger partial charge in [-0.25, -0.2) is 0 Å². The third-order valence-electron chi connectivity index (χ3n) is 4.81. The van der Waals surface area contributed by atoms with Crippen molar-refractivity contribution in [2.45, 2.75) is 31.6 Å². The summed E-state index contributed by atoms with van der Waals surface area (Å²) < 4.78 is 0. The van der Waals surface area contributed by atoms with Crippen LogP contribution >= 0.6 is 0 Å². The largest absolute Gasteiger partial charge is 0.299 e. The first kappa shape index (κ1) is 16.1. The van der Waals surface area contributed by atoms with E-state index < -0.39 is 0 Å². The molecule has 120 valence electrons. The van der Waals surface area contributed by atoms with Crippen molar-refractivity contribution in [1.29, 1.82) is 5.26 Å². The summed E-state index contributed by atoms with van der Waals surface area (Å²) in [6, 6.07) is 18.6. The highest BCUT2D eigenvalue weighted by atomic mass is 16.1. The highest BCUT2D eigenvalue weighted by Crippen LogP contribution is 2.38. The fourth-order valence-electron chi connectivity index (χ4n) is 3.51. The molecule has 0 bridgehead atoms. The highest BCUT2D eigenvalue weighted by Gasteiger charge is 2.34. The zero-order valence-electron chi connectivity index (χ0n) is 13.4. The van der Waals surface area contributed by atoms with E-state index >= 15 is 0 Å². The Balaban J connectivity index is 1.88. The molecule has 1 aliphatic carbocycles. The summed E-state index contributed by atoms with van der Waals surface area (Å²) in [6.45, 7) is 0. The number of hydrogen-bond donors (Lipinski definition) is 0. The summed E-state index contributed by atoms with van der Waals surface area (Å²) in [4.78, 5) is 24.9. The van der Waals surface area contributed by atoms with E-state index in [1.54, 1.807) is 12.1 Å². The second kappa shape index (κ2) is 7.23. The molecule has 0 aromatic heterocycles. The Kier molecular flexibility index (Phi) is 4.86. The van der Waals surface area contributed by atoms with Crippen LogP contribution in [0.5, 0.6) is 0 Å². The third kappa shape index (κ3) is 3.44. The molecule has 0 radical (unpaired) electrons. The van der Waals surface area contributed by atoms with Gasteiger partial charge in [-0.1, -0.05) is 42.5 Å². The minimum Gasteiger partial charge on any atom is -0.299 e. The van der Waals surface area contributed by atoms with Gasteiger partial charge in [0.2, 0.25) is 0 Å². The van der Waals surface area contributed by atoms with Crippen LogP contribution in [0.15, 0.2) is 54.6 Å². The molecule has 1 saturated carbocycles. The summed E-state index contributed by atoms with van der Waals surface area (Å²) in [5, 5.41) is 8.96. The van der Waals surface area contributed by atoms with Crippen molar-refractivity contribution < 1.29 is 9.59 Å².